The van der Waals surface area contributed by atoms with Crippen molar-refractivity contribution in [3.8, 4) is 0 Å². The molecule has 108 valence electrons. The van der Waals surface area contributed by atoms with E-state index >= 15 is 0 Å². The quantitative estimate of drug-likeness (QED) is 0.426. The number of carbonyl (C=O) groups is 3. The molecule has 0 rings (SSSR count). The van der Waals surface area contributed by atoms with Gasteiger partial charge in [-0.15, -0.1) is 0 Å². The predicted molar refractivity (Wildman–Crippen MR) is 71.0 cm³/mol. The van der Waals surface area contributed by atoms with Crippen molar-refractivity contribution in [3.05, 3.63) is 11.8 Å². The Morgan fingerprint density at radius 3 is 2.37 bits per heavy atom. The van der Waals surface area contributed by atoms with Gasteiger partial charge in [-0.25, -0.2) is 4.79 Å². The Labute approximate surface area is 113 Å². The molecule has 1 unspecified atom stereocenters. The van der Waals surface area contributed by atoms with Crippen LogP contribution >= 0.6 is 0 Å². The highest BCUT2D eigenvalue weighted by atomic mass is 16.5. The maximum Gasteiger partial charge on any atom is 0.335 e. The van der Waals surface area contributed by atoms with Crippen LogP contribution in [0.3, 0.4) is 0 Å². The Morgan fingerprint density at radius 1 is 1.21 bits per heavy atom. The van der Waals surface area contributed by atoms with Gasteiger partial charge in [0.2, 0.25) is 0 Å². The van der Waals surface area contributed by atoms with Crippen molar-refractivity contribution in [2.24, 2.45) is 0 Å². The molecular weight excluding hydrogens is 248 g/mol. The number of hydrogen-bond acceptors (Lipinski definition) is 4. The summed E-state index contributed by atoms with van der Waals surface area (Å²) in [6.07, 6.45) is 2.64. The molecule has 0 saturated carbocycles. The maximum atomic E-state index is 11.4. The van der Waals surface area contributed by atoms with Gasteiger partial charge in [-0.1, -0.05) is 13.8 Å². The van der Waals surface area contributed by atoms with Gasteiger partial charge in [0.1, 0.15) is 0 Å². The first-order valence-corrected chi connectivity index (χ1v) is 6.37. The van der Waals surface area contributed by atoms with E-state index in [4.69, 9.17) is 4.74 Å². The molecule has 0 bridgehead atoms. The molecule has 0 fully saturated rings. The van der Waals surface area contributed by atoms with Gasteiger partial charge in [-0.2, -0.15) is 0 Å². The Balaban J connectivity index is 4.26. The average molecular weight is 270 g/mol. The highest BCUT2D eigenvalue weighted by molar-refractivity contribution is 6.35. The van der Waals surface area contributed by atoms with E-state index in [1.165, 1.54) is 13.1 Å². The Bertz CT molecular complexity index is 364. The molecule has 0 aliphatic heterocycles. The lowest BCUT2D eigenvalue weighted by Crippen LogP contribution is -2.42. The minimum atomic E-state index is -0.803. The molecule has 6 nitrogen and oxygen atoms in total. The van der Waals surface area contributed by atoms with E-state index in [9.17, 15) is 14.4 Å². The zero-order chi connectivity index (χ0) is 14.8. The van der Waals surface area contributed by atoms with Crippen LogP contribution < -0.4 is 10.6 Å². The van der Waals surface area contributed by atoms with E-state index in [2.05, 4.69) is 10.6 Å². The molecule has 0 aromatic carbocycles. The van der Waals surface area contributed by atoms with Crippen molar-refractivity contribution < 1.29 is 19.1 Å². The minimum absolute atomic E-state index is 0.0714. The van der Waals surface area contributed by atoms with Crippen LogP contribution in [0.4, 0.5) is 0 Å². The fraction of sp³-hybridized carbons (Fsp3) is 0.615. The fourth-order valence-electron chi connectivity index (χ4n) is 0.998. The minimum Gasteiger partial charge on any atom is -0.462 e. The van der Waals surface area contributed by atoms with Crippen molar-refractivity contribution in [2.45, 2.75) is 46.6 Å². The van der Waals surface area contributed by atoms with Crippen LogP contribution in [0.15, 0.2) is 11.8 Å². The lowest BCUT2D eigenvalue weighted by atomic mass is 10.2. The standard InChI is InChI=1S/C13H22N2O4/c1-5-7-19-13(18)9(3)8-14-11(16)12(17)15-10(4)6-2/h8,10H,5-7H2,1-4H3,(H,14,16)(H,15,17). The molecule has 0 aliphatic rings. The predicted octanol–water partition coefficient (Wildman–Crippen LogP) is 0.874. The van der Waals surface area contributed by atoms with E-state index in [1.807, 2.05) is 13.8 Å². The molecule has 0 radical (unpaired) electrons. The molecule has 0 saturated heterocycles. The molecule has 1 atom stereocenters. The zero-order valence-electron chi connectivity index (χ0n) is 11.9. The number of esters is 1. The van der Waals surface area contributed by atoms with Gasteiger partial charge in [-0.3, -0.25) is 9.59 Å². The van der Waals surface area contributed by atoms with Crippen LogP contribution in [-0.4, -0.2) is 30.4 Å². The molecule has 2 N–H and O–H groups in total. The number of nitrogens with one attached hydrogen (secondary N) is 2. The highest BCUT2D eigenvalue weighted by Crippen LogP contribution is 1.96. The second-order valence-electron chi connectivity index (χ2n) is 4.22. The van der Waals surface area contributed by atoms with Crippen LogP contribution in [0.1, 0.15) is 40.5 Å². The Kier molecular flexibility index (Phi) is 8.24. The number of ether oxygens (including phenoxy) is 1. The first-order valence-electron chi connectivity index (χ1n) is 6.37. The van der Waals surface area contributed by atoms with Crippen molar-refractivity contribution in [1.29, 1.82) is 0 Å². The first kappa shape index (κ1) is 17.2. The first-order chi connectivity index (χ1) is 8.92. The van der Waals surface area contributed by atoms with Crippen LogP contribution in [-0.2, 0) is 19.1 Å². The Hall–Kier alpha value is -1.85. The molecule has 19 heavy (non-hydrogen) atoms. The van der Waals surface area contributed by atoms with E-state index in [0.717, 1.165) is 12.8 Å². The lowest BCUT2D eigenvalue weighted by Gasteiger charge is -2.10. The van der Waals surface area contributed by atoms with Gasteiger partial charge in [0, 0.05) is 12.2 Å². The van der Waals surface area contributed by atoms with E-state index in [-0.39, 0.29) is 11.6 Å². The summed E-state index contributed by atoms with van der Waals surface area (Å²) in [5.41, 5.74) is 0.234. The highest BCUT2D eigenvalue weighted by Gasteiger charge is 2.14. The van der Waals surface area contributed by atoms with Gasteiger partial charge in [-0.05, 0) is 26.7 Å². The molecular formula is C13H22N2O4. The normalized spacial score (nSPS) is 12.5. The summed E-state index contributed by atoms with van der Waals surface area (Å²) >= 11 is 0. The summed E-state index contributed by atoms with van der Waals surface area (Å²) in [6.45, 7) is 7.41. The molecule has 0 aliphatic carbocycles. The monoisotopic (exact) mass is 270 g/mol. The van der Waals surface area contributed by atoms with Gasteiger partial charge >= 0.3 is 17.8 Å². The third-order valence-corrected chi connectivity index (χ3v) is 2.38. The summed E-state index contributed by atoms with van der Waals surface area (Å²) in [6, 6.07) is -0.0714. The lowest BCUT2D eigenvalue weighted by molar-refractivity contribution is -0.139. The molecule has 0 heterocycles. The van der Waals surface area contributed by atoms with Crippen molar-refractivity contribution in [2.75, 3.05) is 6.61 Å². The average Bonchev–Trinajstić information content (AvgIpc) is 2.40. The SMILES string of the molecule is CCCOC(=O)C(C)=CNC(=O)C(=O)NC(C)CC. The van der Waals surface area contributed by atoms with Crippen LogP contribution in [0.25, 0.3) is 0 Å². The smallest absolute Gasteiger partial charge is 0.335 e. The molecule has 0 aromatic heterocycles. The van der Waals surface area contributed by atoms with E-state index in [1.54, 1.807) is 6.92 Å². The summed E-state index contributed by atoms with van der Waals surface area (Å²) in [5.74, 6) is -2.03. The van der Waals surface area contributed by atoms with Gasteiger partial charge in [0.15, 0.2) is 0 Å². The Morgan fingerprint density at radius 2 is 1.84 bits per heavy atom. The van der Waals surface area contributed by atoms with Crippen molar-refractivity contribution >= 4 is 17.8 Å². The van der Waals surface area contributed by atoms with Gasteiger partial charge in [0.25, 0.3) is 0 Å². The summed E-state index contributed by atoms with van der Waals surface area (Å²) in [7, 11) is 0. The summed E-state index contributed by atoms with van der Waals surface area (Å²) < 4.78 is 4.87. The number of carbonyl (C=O) groups excluding carboxylic acids is 3. The van der Waals surface area contributed by atoms with Crippen molar-refractivity contribution in [1.82, 2.24) is 10.6 Å². The van der Waals surface area contributed by atoms with Crippen LogP contribution in [0.2, 0.25) is 0 Å². The topological polar surface area (TPSA) is 84.5 Å². The number of rotatable bonds is 6. The largest absolute Gasteiger partial charge is 0.462 e. The third-order valence-electron chi connectivity index (χ3n) is 2.38. The molecule has 2 amide bonds. The molecule has 0 aromatic rings. The van der Waals surface area contributed by atoms with Crippen LogP contribution in [0.5, 0.6) is 0 Å². The molecule has 6 heteroatoms. The van der Waals surface area contributed by atoms with Crippen molar-refractivity contribution in [3.63, 3.8) is 0 Å². The van der Waals surface area contributed by atoms with Gasteiger partial charge in [0.05, 0.1) is 12.2 Å². The summed E-state index contributed by atoms with van der Waals surface area (Å²) in [5, 5.41) is 4.78. The molecule has 0 spiro atoms. The third kappa shape index (κ3) is 7.23. The fourth-order valence-corrected chi connectivity index (χ4v) is 0.998. The number of amides is 2. The summed E-state index contributed by atoms with van der Waals surface area (Å²) in [4.78, 5) is 34.2. The van der Waals surface area contributed by atoms with E-state index in [0.29, 0.717) is 6.61 Å². The zero-order valence-corrected chi connectivity index (χ0v) is 11.9. The van der Waals surface area contributed by atoms with E-state index < -0.39 is 17.8 Å². The second kappa shape index (κ2) is 9.13. The number of hydrogen-bond donors (Lipinski definition) is 2. The second-order valence-corrected chi connectivity index (χ2v) is 4.22. The van der Waals surface area contributed by atoms with Crippen LogP contribution in [0, 0.1) is 0 Å². The van der Waals surface area contributed by atoms with Gasteiger partial charge < -0.3 is 15.4 Å². The maximum absolute atomic E-state index is 11.4.